The molecule has 2 rings (SSSR count). The number of hydrogen-bond acceptors (Lipinski definition) is 3. The molecule has 1 amide bonds. The Morgan fingerprint density at radius 1 is 1.27 bits per heavy atom. The highest BCUT2D eigenvalue weighted by molar-refractivity contribution is 5.80. The van der Waals surface area contributed by atoms with Crippen LogP contribution in [0.3, 0.4) is 0 Å². The van der Waals surface area contributed by atoms with Crippen LogP contribution in [0.2, 0.25) is 0 Å². The van der Waals surface area contributed by atoms with Gasteiger partial charge in [0, 0.05) is 19.6 Å². The van der Waals surface area contributed by atoms with Gasteiger partial charge in [-0.15, -0.1) is 0 Å². The molecule has 0 spiro atoms. The first-order valence-electron chi connectivity index (χ1n) is 7.67. The van der Waals surface area contributed by atoms with E-state index in [1.54, 1.807) is 7.11 Å². The van der Waals surface area contributed by atoms with Crippen LogP contribution in [0.25, 0.3) is 0 Å². The molecule has 1 fully saturated rings. The van der Waals surface area contributed by atoms with Gasteiger partial charge in [0.2, 0.25) is 5.91 Å². The van der Waals surface area contributed by atoms with Crippen molar-refractivity contribution in [1.29, 1.82) is 0 Å². The van der Waals surface area contributed by atoms with E-state index in [2.05, 4.69) is 5.32 Å². The molecule has 2 unspecified atom stereocenters. The molecule has 0 aliphatic heterocycles. The number of aliphatic carboxylic acids is 1. The van der Waals surface area contributed by atoms with E-state index in [1.165, 1.54) is 0 Å². The summed E-state index contributed by atoms with van der Waals surface area (Å²) < 4.78 is 5.09. The summed E-state index contributed by atoms with van der Waals surface area (Å²) in [7, 11) is 1.65. The largest absolute Gasteiger partial charge is 0.481 e. The Morgan fingerprint density at radius 2 is 2.00 bits per heavy atom. The molecule has 0 radical (unpaired) electrons. The lowest BCUT2D eigenvalue weighted by Crippen LogP contribution is -2.35. The Labute approximate surface area is 130 Å². The van der Waals surface area contributed by atoms with Gasteiger partial charge in [-0.3, -0.25) is 9.59 Å². The van der Waals surface area contributed by atoms with Crippen molar-refractivity contribution in [1.82, 2.24) is 5.32 Å². The first kappa shape index (κ1) is 16.5. The number of carbonyl (C=O) groups excluding carboxylic acids is 1. The van der Waals surface area contributed by atoms with E-state index in [9.17, 15) is 9.59 Å². The number of carboxylic acid groups (broad SMARTS) is 1. The zero-order chi connectivity index (χ0) is 15.9. The van der Waals surface area contributed by atoms with Crippen molar-refractivity contribution in [2.24, 2.45) is 11.8 Å². The van der Waals surface area contributed by atoms with Gasteiger partial charge in [0.25, 0.3) is 0 Å². The van der Waals surface area contributed by atoms with E-state index in [1.807, 2.05) is 24.3 Å². The number of ether oxygens (including phenoxy) is 1. The fourth-order valence-electron chi connectivity index (χ4n) is 2.98. The molecule has 1 aliphatic carbocycles. The maximum absolute atomic E-state index is 12.2. The molecule has 0 bridgehead atoms. The molecule has 5 nitrogen and oxygen atoms in total. The van der Waals surface area contributed by atoms with Gasteiger partial charge in [-0.1, -0.05) is 30.7 Å². The average molecular weight is 305 g/mol. The van der Waals surface area contributed by atoms with E-state index in [-0.39, 0.29) is 17.7 Å². The molecule has 1 aromatic carbocycles. The Bertz CT molecular complexity index is 529. The first-order valence-corrected chi connectivity index (χ1v) is 7.67. The molecular formula is C17H23NO4. The Hall–Kier alpha value is -1.88. The second kappa shape index (κ2) is 7.94. The van der Waals surface area contributed by atoms with Crippen LogP contribution in [0.5, 0.6) is 0 Å². The smallest absolute Gasteiger partial charge is 0.306 e. The third kappa shape index (κ3) is 4.56. The molecule has 1 aromatic rings. The average Bonchev–Trinajstić information content (AvgIpc) is 2.53. The lowest BCUT2D eigenvalue weighted by molar-refractivity contribution is -0.144. The topological polar surface area (TPSA) is 75.6 Å². The van der Waals surface area contributed by atoms with Gasteiger partial charge >= 0.3 is 5.97 Å². The lowest BCUT2D eigenvalue weighted by Gasteiger charge is -2.25. The molecule has 1 aliphatic rings. The third-order valence-corrected chi connectivity index (χ3v) is 4.16. The number of benzene rings is 1. The Kier molecular flexibility index (Phi) is 5.95. The highest BCUT2D eigenvalue weighted by Gasteiger charge is 2.30. The number of nitrogens with one attached hydrogen (secondary N) is 1. The summed E-state index contributed by atoms with van der Waals surface area (Å²) in [5.41, 5.74) is 2.09. The molecule has 2 atom stereocenters. The normalized spacial score (nSPS) is 21.3. The van der Waals surface area contributed by atoms with Crippen molar-refractivity contribution in [3.8, 4) is 0 Å². The molecule has 5 heteroatoms. The van der Waals surface area contributed by atoms with Crippen LogP contribution >= 0.6 is 0 Å². The van der Waals surface area contributed by atoms with Gasteiger partial charge in [-0.05, 0) is 30.4 Å². The van der Waals surface area contributed by atoms with Crippen molar-refractivity contribution >= 4 is 11.9 Å². The molecule has 0 saturated heterocycles. The van der Waals surface area contributed by atoms with Crippen LogP contribution < -0.4 is 5.32 Å². The van der Waals surface area contributed by atoms with Gasteiger partial charge in [-0.25, -0.2) is 0 Å². The summed E-state index contributed by atoms with van der Waals surface area (Å²) >= 11 is 0. The van der Waals surface area contributed by atoms with E-state index in [0.29, 0.717) is 26.0 Å². The van der Waals surface area contributed by atoms with Crippen LogP contribution in [-0.4, -0.2) is 24.1 Å². The highest BCUT2D eigenvalue weighted by atomic mass is 16.5. The highest BCUT2D eigenvalue weighted by Crippen LogP contribution is 2.29. The SMILES string of the molecule is COCc1cccc(CNC(=O)C2CCCC(C(=O)O)C2)c1. The van der Waals surface area contributed by atoms with Gasteiger partial charge in [0.15, 0.2) is 0 Å². The minimum absolute atomic E-state index is 0.0388. The summed E-state index contributed by atoms with van der Waals surface area (Å²) in [5, 5.41) is 12.0. The van der Waals surface area contributed by atoms with Crippen LogP contribution in [0, 0.1) is 11.8 Å². The molecule has 0 aromatic heterocycles. The molecule has 22 heavy (non-hydrogen) atoms. The second-order valence-corrected chi connectivity index (χ2v) is 5.87. The predicted molar refractivity (Wildman–Crippen MR) is 82.1 cm³/mol. The molecule has 120 valence electrons. The summed E-state index contributed by atoms with van der Waals surface area (Å²) in [4.78, 5) is 23.3. The quantitative estimate of drug-likeness (QED) is 0.846. The number of carboxylic acids is 1. The molecular weight excluding hydrogens is 282 g/mol. The maximum atomic E-state index is 12.2. The first-order chi connectivity index (χ1) is 10.6. The van der Waals surface area contributed by atoms with Gasteiger partial charge < -0.3 is 15.2 Å². The van der Waals surface area contributed by atoms with Crippen LogP contribution in [-0.2, 0) is 27.5 Å². The number of hydrogen-bond donors (Lipinski definition) is 2. The van der Waals surface area contributed by atoms with Crippen molar-refractivity contribution in [3.63, 3.8) is 0 Å². The van der Waals surface area contributed by atoms with Crippen molar-refractivity contribution < 1.29 is 19.4 Å². The van der Waals surface area contributed by atoms with E-state index in [0.717, 1.165) is 24.0 Å². The Morgan fingerprint density at radius 3 is 2.73 bits per heavy atom. The molecule has 1 saturated carbocycles. The number of carbonyl (C=O) groups is 2. The standard InChI is InChI=1S/C17H23NO4/c1-22-11-13-5-2-4-12(8-13)10-18-16(19)14-6-3-7-15(9-14)17(20)21/h2,4-5,8,14-15H,3,6-7,9-11H2,1H3,(H,18,19)(H,20,21). The number of amides is 1. The van der Waals surface area contributed by atoms with Crippen molar-refractivity contribution in [2.45, 2.75) is 38.8 Å². The van der Waals surface area contributed by atoms with Gasteiger partial charge in [-0.2, -0.15) is 0 Å². The van der Waals surface area contributed by atoms with Gasteiger partial charge in [0.1, 0.15) is 0 Å². The minimum atomic E-state index is -0.787. The zero-order valence-corrected chi connectivity index (χ0v) is 12.9. The summed E-state index contributed by atoms with van der Waals surface area (Å²) in [6, 6.07) is 7.88. The summed E-state index contributed by atoms with van der Waals surface area (Å²) in [5.74, 6) is -1.39. The van der Waals surface area contributed by atoms with E-state index in [4.69, 9.17) is 9.84 Å². The van der Waals surface area contributed by atoms with Crippen molar-refractivity contribution in [3.05, 3.63) is 35.4 Å². The van der Waals surface area contributed by atoms with E-state index < -0.39 is 5.97 Å². The second-order valence-electron chi connectivity index (χ2n) is 5.87. The third-order valence-electron chi connectivity index (χ3n) is 4.16. The fourth-order valence-corrected chi connectivity index (χ4v) is 2.98. The molecule has 2 N–H and O–H groups in total. The van der Waals surface area contributed by atoms with Crippen LogP contribution in [0.1, 0.15) is 36.8 Å². The zero-order valence-electron chi connectivity index (χ0n) is 12.9. The van der Waals surface area contributed by atoms with Crippen molar-refractivity contribution in [2.75, 3.05) is 7.11 Å². The Balaban J connectivity index is 1.87. The minimum Gasteiger partial charge on any atom is -0.481 e. The summed E-state index contributed by atoms with van der Waals surface area (Å²) in [6.07, 6.45) is 2.71. The lowest BCUT2D eigenvalue weighted by atomic mass is 9.81. The summed E-state index contributed by atoms with van der Waals surface area (Å²) in [6.45, 7) is 1.01. The maximum Gasteiger partial charge on any atom is 0.306 e. The predicted octanol–water partition coefficient (Wildman–Crippen LogP) is 2.34. The van der Waals surface area contributed by atoms with Crippen LogP contribution in [0.15, 0.2) is 24.3 Å². The monoisotopic (exact) mass is 305 g/mol. The number of methoxy groups -OCH3 is 1. The van der Waals surface area contributed by atoms with E-state index >= 15 is 0 Å². The fraction of sp³-hybridized carbons (Fsp3) is 0.529. The van der Waals surface area contributed by atoms with Gasteiger partial charge in [0.05, 0.1) is 12.5 Å². The van der Waals surface area contributed by atoms with Crippen LogP contribution in [0.4, 0.5) is 0 Å². The number of rotatable bonds is 6. The molecule has 0 heterocycles.